The summed E-state index contributed by atoms with van der Waals surface area (Å²) in [6, 6.07) is 3.86. The van der Waals surface area contributed by atoms with Crippen molar-refractivity contribution < 1.29 is 8.42 Å². The first kappa shape index (κ1) is 12.8. The molecular weight excluding hydrogens is 252 g/mol. The lowest BCUT2D eigenvalue weighted by molar-refractivity contribution is 0.600. The summed E-state index contributed by atoms with van der Waals surface area (Å²) in [5, 5.41) is 7.27. The molecule has 0 amide bonds. The zero-order chi connectivity index (χ0) is 13.2. The normalized spacial score (nSPS) is 11.9. The summed E-state index contributed by atoms with van der Waals surface area (Å²) in [6.45, 7) is 2.53. The molecule has 0 aliphatic heterocycles. The predicted octanol–water partition coefficient (Wildman–Crippen LogP) is 0.884. The van der Waals surface area contributed by atoms with Gasteiger partial charge in [-0.15, -0.1) is 5.10 Å². The van der Waals surface area contributed by atoms with Crippen LogP contribution in [0.3, 0.4) is 0 Å². The lowest BCUT2D eigenvalue weighted by Gasteiger charge is -1.99. The number of aryl methyl sites for hydroxylation is 1. The number of sulfone groups is 1. The molecule has 0 saturated carbocycles. The number of fused-ring (bicyclic) bond motifs is 1. The van der Waals surface area contributed by atoms with E-state index in [1.54, 1.807) is 4.52 Å². The molecule has 2 aromatic rings. The van der Waals surface area contributed by atoms with Crippen LogP contribution in [-0.4, -0.2) is 41.6 Å². The van der Waals surface area contributed by atoms with Gasteiger partial charge in [0, 0.05) is 19.0 Å². The quantitative estimate of drug-likeness (QED) is 0.815. The van der Waals surface area contributed by atoms with Crippen LogP contribution in [0.25, 0.3) is 5.65 Å². The molecule has 0 unspecified atom stereocenters. The zero-order valence-electron chi connectivity index (χ0n) is 10.4. The number of rotatable bonds is 5. The van der Waals surface area contributed by atoms with E-state index in [4.69, 9.17) is 0 Å². The van der Waals surface area contributed by atoms with Crippen molar-refractivity contribution in [2.75, 3.05) is 23.9 Å². The third kappa shape index (κ3) is 3.43. The summed E-state index contributed by atoms with van der Waals surface area (Å²) >= 11 is 0. The first-order chi connectivity index (χ1) is 8.44. The average molecular weight is 268 g/mol. The van der Waals surface area contributed by atoms with Gasteiger partial charge in [-0.1, -0.05) is 6.07 Å². The molecular formula is C11H16N4O2S. The standard InChI is InChI=1S/C11H16N4O2S/c1-9-4-5-10-13-11(14-15(10)8-9)12-6-3-7-18(2,16)17/h4-5,8H,3,6-7H2,1-2H3,(H,12,14). The number of nitrogens with zero attached hydrogens (tertiary/aromatic N) is 3. The maximum Gasteiger partial charge on any atom is 0.243 e. The predicted molar refractivity (Wildman–Crippen MR) is 70.5 cm³/mol. The van der Waals surface area contributed by atoms with E-state index in [1.165, 1.54) is 6.26 Å². The van der Waals surface area contributed by atoms with Gasteiger partial charge in [-0.05, 0) is 25.0 Å². The van der Waals surface area contributed by atoms with Gasteiger partial charge in [0.15, 0.2) is 5.65 Å². The van der Waals surface area contributed by atoms with Crippen molar-refractivity contribution in [2.45, 2.75) is 13.3 Å². The van der Waals surface area contributed by atoms with E-state index in [2.05, 4.69) is 15.4 Å². The Labute approximate surface area is 106 Å². The average Bonchev–Trinajstić information content (AvgIpc) is 2.65. The highest BCUT2D eigenvalue weighted by atomic mass is 32.2. The molecule has 98 valence electrons. The van der Waals surface area contributed by atoms with Gasteiger partial charge in [0.1, 0.15) is 9.84 Å². The summed E-state index contributed by atoms with van der Waals surface area (Å²) < 4.78 is 23.6. The van der Waals surface area contributed by atoms with Crippen molar-refractivity contribution in [1.29, 1.82) is 0 Å². The van der Waals surface area contributed by atoms with Crippen molar-refractivity contribution in [1.82, 2.24) is 14.6 Å². The smallest absolute Gasteiger partial charge is 0.243 e. The SMILES string of the molecule is Cc1ccc2nc(NCCCS(C)(=O)=O)nn2c1. The highest BCUT2D eigenvalue weighted by Gasteiger charge is 2.04. The summed E-state index contributed by atoms with van der Waals surface area (Å²) in [7, 11) is -2.89. The van der Waals surface area contributed by atoms with Gasteiger partial charge < -0.3 is 5.32 Å². The fourth-order valence-corrected chi connectivity index (χ4v) is 2.26. The molecule has 0 fully saturated rings. The van der Waals surface area contributed by atoms with Gasteiger partial charge in [-0.25, -0.2) is 12.9 Å². The van der Waals surface area contributed by atoms with Crippen LogP contribution in [0.5, 0.6) is 0 Å². The van der Waals surface area contributed by atoms with Gasteiger partial charge in [-0.2, -0.15) is 4.98 Å². The summed E-state index contributed by atoms with van der Waals surface area (Å²) in [6.07, 6.45) is 3.68. The first-order valence-electron chi connectivity index (χ1n) is 5.69. The molecule has 6 nitrogen and oxygen atoms in total. The van der Waals surface area contributed by atoms with Gasteiger partial charge >= 0.3 is 0 Å². The number of aromatic nitrogens is 3. The van der Waals surface area contributed by atoms with Crippen molar-refractivity contribution in [3.05, 3.63) is 23.9 Å². The zero-order valence-corrected chi connectivity index (χ0v) is 11.2. The molecule has 0 bridgehead atoms. The number of hydrogen-bond donors (Lipinski definition) is 1. The molecule has 7 heteroatoms. The highest BCUT2D eigenvalue weighted by Crippen LogP contribution is 2.06. The van der Waals surface area contributed by atoms with Crippen molar-refractivity contribution in [2.24, 2.45) is 0 Å². The Morgan fingerprint density at radius 2 is 2.17 bits per heavy atom. The molecule has 0 radical (unpaired) electrons. The Balaban J connectivity index is 1.96. The van der Waals surface area contributed by atoms with E-state index < -0.39 is 9.84 Å². The van der Waals surface area contributed by atoms with Gasteiger partial charge in [-0.3, -0.25) is 0 Å². The third-order valence-corrected chi connectivity index (χ3v) is 3.48. The third-order valence-electron chi connectivity index (χ3n) is 2.45. The molecule has 0 aliphatic rings. The van der Waals surface area contributed by atoms with E-state index in [0.29, 0.717) is 18.9 Å². The van der Waals surface area contributed by atoms with Crippen LogP contribution in [-0.2, 0) is 9.84 Å². The number of anilines is 1. The van der Waals surface area contributed by atoms with E-state index in [-0.39, 0.29) is 5.75 Å². The first-order valence-corrected chi connectivity index (χ1v) is 7.75. The minimum absolute atomic E-state index is 0.173. The van der Waals surface area contributed by atoms with Crippen LogP contribution >= 0.6 is 0 Å². The fraction of sp³-hybridized carbons (Fsp3) is 0.455. The molecule has 1 N–H and O–H groups in total. The van der Waals surface area contributed by atoms with Crippen LogP contribution in [0.4, 0.5) is 5.95 Å². The molecule has 0 aliphatic carbocycles. The maximum absolute atomic E-state index is 11.0. The molecule has 2 heterocycles. The largest absolute Gasteiger partial charge is 0.353 e. The minimum atomic E-state index is -2.89. The summed E-state index contributed by atoms with van der Waals surface area (Å²) in [4.78, 5) is 4.28. The number of nitrogens with one attached hydrogen (secondary N) is 1. The van der Waals surface area contributed by atoms with E-state index in [0.717, 1.165) is 11.2 Å². The van der Waals surface area contributed by atoms with Crippen LogP contribution in [0.1, 0.15) is 12.0 Å². The Bertz CT molecular complexity index is 648. The Kier molecular flexibility index (Phi) is 3.51. The van der Waals surface area contributed by atoms with Crippen LogP contribution < -0.4 is 5.32 Å². The van der Waals surface area contributed by atoms with Crippen molar-refractivity contribution in [3.8, 4) is 0 Å². The maximum atomic E-state index is 11.0. The topological polar surface area (TPSA) is 76.4 Å². The Morgan fingerprint density at radius 3 is 2.89 bits per heavy atom. The summed E-state index contributed by atoms with van der Waals surface area (Å²) in [5.41, 5.74) is 1.88. The second kappa shape index (κ2) is 4.93. The van der Waals surface area contributed by atoms with Gasteiger partial charge in [0.05, 0.1) is 5.75 Å². The molecule has 0 saturated heterocycles. The Hall–Kier alpha value is -1.63. The molecule has 0 atom stereocenters. The second-order valence-corrected chi connectivity index (χ2v) is 6.61. The van der Waals surface area contributed by atoms with E-state index in [1.807, 2.05) is 25.3 Å². The molecule has 2 rings (SSSR count). The minimum Gasteiger partial charge on any atom is -0.353 e. The molecule has 2 aromatic heterocycles. The second-order valence-electron chi connectivity index (χ2n) is 4.35. The highest BCUT2D eigenvalue weighted by molar-refractivity contribution is 7.90. The van der Waals surface area contributed by atoms with Crippen LogP contribution in [0.15, 0.2) is 18.3 Å². The van der Waals surface area contributed by atoms with E-state index in [9.17, 15) is 8.42 Å². The molecule has 0 spiro atoms. The summed E-state index contributed by atoms with van der Waals surface area (Å²) in [5.74, 6) is 0.695. The lowest BCUT2D eigenvalue weighted by atomic mass is 10.3. The Morgan fingerprint density at radius 1 is 1.39 bits per heavy atom. The molecule has 0 aromatic carbocycles. The lowest BCUT2D eigenvalue weighted by Crippen LogP contribution is -2.10. The van der Waals surface area contributed by atoms with Crippen LogP contribution in [0, 0.1) is 6.92 Å². The van der Waals surface area contributed by atoms with Gasteiger partial charge in [0.2, 0.25) is 5.95 Å². The monoisotopic (exact) mass is 268 g/mol. The van der Waals surface area contributed by atoms with Gasteiger partial charge in [0.25, 0.3) is 0 Å². The number of hydrogen-bond acceptors (Lipinski definition) is 5. The van der Waals surface area contributed by atoms with Crippen LogP contribution in [0.2, 0.25) is 0 Å². The van der Waals surface area contributed by atoms with E-state index >= 15 is 0 Å². The number of pyridine rings is 1. The van der Waals surface area contributed by atoms with Crippen molar-refractivity contribution in [3.63, 3.8) is 0 Å². The fourth-order valence-electron chi connectivity index (χ4n) is 1.60. The molecule has 18 heavy (non-hydrogen) atoms. The van der Waals surface area contributed by atoms with Crippen molar-refractivity contribution >= 4 is 21.4 Å².